The van der Waals surface area contributed by atoms with E-state index >= 15 is 0 Å². The van der Waals surface area contributed by atoms with Crippen LogP contribution in [0.1, 0.15) is 57.9 Å². The molecule has 8 heteroatoms. The number of carboxylic acid groups (broad SMARTS) is 1. The number of carbonyl (C=O) groups is 4. The zero-order valence-electron chi connectivity index (χ0n) is 17.5. The van der Waals surface area contributed by atoms with Crippen molar-refractivity contribution in [2.24, 2.45) is 5.92 Å². The molecule has 0 spiro atoms. The van der Waals surface area contributed by atoms with Crippen molar-refractivity contribution < 1.29 is 24.3 Å². The summed E-state index contributed by atoms with van der Waals surface area (Å²) in [6.45, 7) is 0. The van der Waals surface area contributed by atoms with Gasteiger partial charge in [0.2, 0.25) is 5.91 Å². The Labute approximate surface area is 184 Å². The highest BCUT2D eigenvalue weighted by atomic mass is 32.1. The third kappa shape index (κ3) is 6.30. The van der Waals surface area contributed by atoms with Crippen LogP contribution in [0.25, 0.3) is 0 Å². The molecule has 2 N–H and O–H groups in total. The van der Waals surface area contributed by atoms with Gasteiger partial charge in [-0.15, -0.1) is 11.3 Å². The normalized spacial score (nSPS) is 13.8. The lowest BCUT2D eigenvalue weighted by atomic mass is 9.89. The van der Waals surface area contributed by atoms with Crippen molar-refractivity contribution in [1.82, 2.24) is 10.3 Å². The Balaban J connectivity index is 1.77. The van der Waals surface area contributed by atoms with E-state index in [4.69, 9.17) is 5.11 Å². The molecule has 1 saturated carbocycles. The van der Waals surface area contributed by atoms with Gasteiger partial charge in [-0.05, 0) is 30.0 Å². The van der Waals surface area contributed by atoms with Crippen molar-refractivity contribution in [2.45, 2.75) is 51.4 Å². The van der Waals surface area contributed by atoms with Gasteiger partial charge in [0, 0.05) is 30.3 Å². The quantitative estimate of drug-likeness (QED) is 0.547. The van der Waals surface area contributed by atoms with Gasteiger partial charge in [0.05, 0.1) is 25.0 Å². The topological polar surface area (TPSA) is 113 Å². The summed E-state index contributed by atoms with van der Waals surface area (Å²) in [6, 6.07) is 5.32. The van der Waals surface area contributed by atoms with Crippen molar-refractivity contribution in [1.29, 1.82) is 0 Å². The number of likely N-dealkylation sites (N-methyl/N-ethyl adjacent to an activating group) is 1. The summed E-state index contributed by atoms with van der Waals surface area (Å²) in [5, 5.41) is 13.7. The molecule has 3 rings (SSSR count). The number of carbonyl (C=O) groups excluding carboxylic acids is 3. The highest BCUT2D eigenvalue weighted by Crippen LogP contribution is 2.30. The second kappa shape index (κ2) is 10.4. The van der Waals surface area contributed by atoms with Crippen LogP contribution in [-0.4, -0.2) is 40.6 Å². The molecule has 0 radical (unpaired) electrons. The minimum absolute atomic E-state index is 0.0263. The largest absolute Gasteiger partial charge is 0.481 e. The fourth-order valence-corrected chi connectivity index (χ4v) is 4.73. The average Bonchev–Trinajstić information content (AvgIpc) is 3.40. The molecule has 1 aromatic carbocycles. The highest BCUT2D eigenvalue weighted by molar-refractivity contribution is 7.09. The van der Waals surface area contributed by atoms with Gasteiger partial charge >= 0.3 is 5.97 Å². The molecule has 7 nitrogen and oxygen atoms in total. The number of nitrogens with zero attached hydrogens (tertiary/aromatic N) is 1. The van der Waals surface area contributed by atoms with Crippen molar-refractivity contribution in [3.63, 3.8) is 0 Å². The van der Waals surface area contributed by atoms with Crippen LogP contribution in [0.2, 0.25) is 0 Å². The number of ketones is 2. The number of amides is 1. The standard InChI is InChI=1S/C23H26N2O5S/c1-24-20(27)9-14-6-7-16(19(8-14)23(30)15-4-2-3-5-15)10-18(26)12-21-25-17(13-31-21)11-22(28)29/h6-8,13,15H,2-5,9-12H2,1H3,(H,24,27)(H,28,29). The molecule has 1 aromatic heterocycles. The minimum atomic E-state index is -0.963. The number of aromatic nitrogens is 1. The van der Waals surface area contributed by atoms with Crippen molar-refractivity contribution >= 4 is 34.8 Å². The van der Waals surface area contributed by atoms with E-state index in [0.717, 1.165) is 31.2 Å². The average molecular weight is 443 g/mol. The first-order valence-electron chi connectivity index (χ1n) is 10.4. The van der Waals surface area contributed by atoms with Crippen molar-refractivity contribution in [3.05, 3.63) is 51.0 Å². The maximum atomic E-state index is 13.1. The van der Waals surface area contributed by atoms with Crippen LogP contribution >= 0.6 is 11.3 Å². The number of rotatable bonds is 10. The third-order valence-corrected chi connectivity index (χ3v) is 6.37. The number of carboxylic acids is 1. The Hall–Kier alpha value is -2.87. The number of Topliss-reactive ketones (excluding diaryl/α,β-unsaturated/α-hetero) is 2. The molecule has 1 aliphatic rings. The predicted molar refractivity (Wildman–Crippen MR) is 116 cm³/mol. The van der Waals surface area contributed by atoms with Crippen LogP contribution in [-0.2, 0) is 40.1 Å². The molecule has 1 aliphatic carbocycles. The van der Waals surface area contributed by atoms with Gasteiger partial charge in [-0.1, -0.05) is 25.0 Å². The predicted octanol–water partition coefficient (Wildman–Crippen LogP) is 2.79. The van der Waals surface area contributed by atoms with Crippen LogP contribution in [0, 0.1) is 5.92 Å². The van der Waals surface area contributed by atoms with E-state index in [9.17, 15) is 19.2 Å². The van der Waals surface area contributed by atoms with Gasteiger partial charge < -0.3 is 10.4 Å². The number of hydrogen-bond acceptors (Lipinski definition) is 6. The molecule has 1 fully saturated rings. The molecule has 1 amide bonds. The number of thiazole rings is 1. The van der Waals surface area contributed by atoms with E-state index in [1.165, 1.54) is 11.3 Å². The van der Waals surface area contributed by atoms with Crippen LogP contribution < -0.4 is 5.32 Å². The van der Waals surface area contributed by atoms with Gasteiger partial charge in [0.1, 0.15) is 10.8 Å². The van der Waals surface area contributed by atoms with E-state index in [1.807, 2.05) is 0 Å². The zero-order valence-corrected chi connectivity index (χ0v) is 18.3. The van der Waals surface area contributed by atoms with Crippen molar-refractivity contribution in [3.8, 4) is 0 Å². The van der Waals surface area contributed by atoms with Crippen LogP contribution in [0.3, 0.4) is 0 Å². The molecule has 0 saturated heterocycles. The number of benzene rings is 1. The van der Waals surface area contributed by atoms with Gasteiger partial charge in [0.15, 0.2) is 5.78 Å². The Kier molecular flexibility index (Phi) is 7.68. The van der Waals surface area contributed by atoms with E-state index in [-0.39, 0.29) is 49.1 Å². The van der Waals surface area contributed by atoms with Crippen molar-refractivity contribution in [2.75, 3.05) is 7.05 Å². The molecule has 0 unspecified atom stereocenters. The fraction of sp³-hybridized carbons (Fsp3) is 0.435. The summed E-state index contributed by atoms with van der Waals surface area (Å²) in [7, 11) is 1.57. The Morgan fingerprint density at radius 3 is 2.52 bits per heavy atom. The third-order valence-electron chi connectivity index (χ3n) is 5.48. The molecule has 0 aliphatic heterocycles. The van der Waals surface area contributed by atoms with E-state index in [0.29, 0.717) is 21.8 Å². The molecule has 164 valence electrons. The summed E-state index contributed by atoms with van der Waals surface area (Å²) in [5.41, 5.74) is 2.39. The molecular weight excluding hydrogens is 416 g/mol. The Bertz CT molecular complexity index is 992. The van der Waals surface area contributed by atoms with Crippen LogP contribution in [0.4, 0.5) is 0 Å². The number of hydrogen-bond donors (Lipinski definition) is 2. The van der Waals surface area contributed by atoms with E-state index in [1.54, 1.807) is 30.6 Å². The van der Waals surface area contributed by atoms with Gasteiger partial charge in [-0.3, -0.25) is 19.2 Å². The van der Waals surface area contributed by atoms with Crippen LogP contribution in [0.15, 0.2) is 23.6 Å². The molecular formula is C23H26N2O5S. The molecule has 31 heavy (non-hydrogen) atoms. The van der Waals surface area contributed by atoms with E-state index < -0.39 is 5.97 Å². The first-order chi connectivity index (χ1) is 14.9. The summed E-state index contributed by atoms with van der Waals surface area (Å²) < 4.78 is 0. The second-order valence-corrected chi connectivity index (χ2v) is 8.83. The second-order valence-electron chi connectivity index (χ2n) is 7.88. The first kappa shape index (κ1) is 22.8. The summed E-state index contributed by atoms with van der Waals surface area (Å²) in [5.74, 6) is -1.16. The summed E-state index contributed by atoms with van der Waals surface area (Å²) in [6.07, 6.45) is 3.99. The maximum Gasteiger partial charge on any atom is 0.309 e. The highest BCUT2D eigenvalue weighted by Gasteiger charge is 2.26. The molecule has 1 heterocycles. The minimum Gasteiger partial charge on any atom is -0.481 e. The van der Waals surface area contributed by atoms with E-state index in [2.05, 4.69) is 10.3 Å². The molecule has 0 atom stereocenters. The fourth-order valence-electron chi connectivity index (χ4n) is 3.91. The smallest absolute Gasteiger partial charge is 0.309 e. The van der Waals surface area contributed by atoms with Gasteiger partial charge in [-0.25, -0.2) is 4.98 Å². The monoisotopic (exact) mass is 442 g/mol. The van der Waals surface area contributed by atoms with Crippen LogP contribution in [0.5, 0.6) is 0 Å². The number of nitrogens with one attached hydrogen (secondary N) is 1. The lowest BCUT2D eigenvalue weighted by Gasteiger charge is -2.14. The number of aliphatic carboxylic acids is 1. The lowest BCUT2D eigenvalue weighted by molar-refractivity contribution is -0.136. The zero-order chi connectivity index (χ0) is 22.4. The lowest BCUT2D eigenvalue weighted by Crippen LogP contribution is -2.21. The SMILES string of the molecule is CNC(=O)Cc1ccc(CC(=O)Cc2nc(CC(=O)O)cs2)c(C(=O)C2CCCC2)c1. The van der Waals surface area contributed by atoms with Gasteiger partial charge in [0.25, 0.3) is 0 Å². The molecule has 2 aromatic rings. The van der Waals surface area contributed by atoms with Gasteiger partial charge in [-0.2, -0.15) is 0 Å². The first-order valence-corrected chi connectivity index (χ1v) is 11.3. The Morgan fingerprint density at radius 1 is 1.10 bits per heavy atom. The Morgan fingerprint density at radius 2 is 1.84 bits per heavy atom. The maximum absolute atomic E-state index is 13.1. The molecule has 0 bridgehead atoms. The summed E-state index contributed by atoms with van der Waals surface area (Å²) in [4.78, 5) is 52.6. The summed E-state index contributed by atoms with van der Waals surface area (Å²) >= 11 is 1.27.